The average Bonchev–Trinajstić information content (AvgIpc) is 3.17. The Morgan fingerprint density at radius 1 is 1.45 bits per heavy atom. The maximum Gasteiger partial charge on any atom is 0.220 e. The van der Waals surface area contributed by atoms with Crippen molar-refractivity contribution in [1.29, 1.82) is 0 Å². The number of rotatable bonds is 6. The predicted octanol–water partition coefficient (Wildman–Crippen LogP) is 0.903. The Balaban J connectivity index is 1.50. The smallest absolute Gasteiger partial charge is 0.220 e. The van der Waals surface area contributed by atoms with Crippen molar-refractivity contribution in [2.24, 2.45) is 0 Å². The fourth-order valence-corrected chi connectivity index (χ4v) is 2.05. The number of fused-ring (bicyclic) bond motifs is 1. The predicted molar refractivity (Wildman–Crippen MR) is 74.4 cm³/mol. The molecular formula is C13H18N6O. The lowest BCUT2D eigenvalue weighted by molar-refractivity contribution is -0.121. The van der Waals surface area contributed by atoms with Gasteiger partial charge in [0.1, 0.15) is 5.82 Å². The molecule has 2 heterocycles. The van der Waals surface area contributed by atoms with Crippen LogP contribution < -0.4 is 10.6 Å². The molecule has 0 radical (unpaired) electrons. The first kappa shape index (κ1) is 12.8. The largest absolute Gasteiger partial charge is 0.367 e. The molecule has 1 saturated carbocycles. The molecule has 2 aromatic heterocycles. The van der Waals surface area contributed by atoms with E-state index in [1.54, 1.807) is 6.20 Å². The third-order valence-corrected chi connectivity index (χ3v) is 3.31. The van der Waals surface area contributed by atoms with Gasteiger partial charge >= 0.3 is 0 Å². The van der Waals surface area contributed by atoms with Gasteiger partial charge in [-0.15, -0.1) is 10.2 Å². The van der Waals surface area contributed by atoms with Gasteiger partial charge in [0.2, 0.25) is 11.6 Å². The van der Waals surface area contributed by atoms with E-state index in [-0.39, 0.29) is 5.91 Å². The average molecular weight is 274 g/mol. The van der Waals surface area contributed by atoms with Gasteiger partial charge in [-0.3, -0.25) is 9.20 Å². The summed E-state index contributed by atoms with van der Waals surface area (Å²) in [6, 6.07) is 0.435. The van der Waals surface area contributed by atoms with Gasteiger partial charge in [-0.05, 0) is 26.2 Å². The first-order valence-electron chi connectivity index (χ1n) is 6.93. The summed E-state index contributed by atoms with van der Waals surface area (Å²) in [5.41, 5.74) is 0.715. The summed E-state index contributed by atoms with van der Waals surface area (Å²) in [6.07, 6.45) is 7.11. The number of aryl methyl sites for hydroxylation is 1. The lowest BCUT2D eigenvalue weighted by atomic mass is 10.3. The molecule has 0 atom stereocenters. The number of anilines is 1. The Bertz CT molecular complexity index is 618. The standard InChI is InChI=1S/C13H18N6O/c1-9-17-18-13-12(15-7-8-19(9)13)14-6-2-3-11(20)16-10-4-5-10/h7-8,10H,2-6H2,1H3,(H,14,15)(H,16,20). The highest BCUT2D eigenvalue weighted by atomic mass is 16.1. The van der Waals surface area contributed by atoms with Crippen LogP contribution in [0, 0.1) is 6.92 Å². The maximum atomic E-state index is 11.5. The van der Waals surface area contributed by atoms with Gasteiger partial charge < -0.3 is 10.6 Å². The Morgan fingerprint density at radius 3 is 3.10 bits per heavy atom. The SMILES string of the molecule is Cc1nnc2c(NCCCC(=O)NC3CC3)nccn12. The molecule has 0 aliphatic heterocycles. The molecule has 0 saturated heterocycles. The van der Waals surface area contributed by atoms with Crippen LogP contribution in [0.15, 0.2) is 12.4 Å². The Kier molecular flexibility index (Phi) is 3.49. The van der Waals surface area contributed by atoms with E-state index in [0.29, 0.717) is 30.5 Å². The van der Waals surface area contributed by atoms with E-state index in [0.717, 1.165) is 25.1 Å². The molecule has 1 aliphatic carbocycles. The maximum absolute atomic E-state index is 11.5. The molecule has 0 spiro atoms. The second kappa shape index (κ2) is 5.44. The molecular weight excluding hydrogens is 256 g/mol. The molecule has 7 nitrogen and oxygen atoms in total. The van der Waals surface area contributed by atoms with Gasteiger partial charge in [0, 0.05) is 31.4 Å². The number of nitrogens with zero attached hydrogens (tertiary/aromatic N) is 4. The Labute approximate surface area is 116 Å². The van der Waals surface area contributed by atoms with Crippen LogP contribution >= 0.6 is 0 Å². The summed E-state index contributed by atoms with van der Waals surface area (Å²) >= 11 is 0. The molecule has 106 valence electrons. The van der Waals surface area contributed by atoms with Crippen LogP contribution in [0.4, 0.5) is 5.82 Å². The summed E-state index contributed by atoms with van der Waals surface area (Å²) in [6.45, 7) is 2.59. The van der Waals surface area contributed by atoms with E-state index >= 15 is 0 Å². The fourth-order valence-electron chi connectivity index (χ4n) is 2.05. The van der Waals surface area contributed by atoms with Gasteiger partial charge in [0.25, 0.3) is 0 Å². The third kappa shape index (κ3) is 2.87. The Morgan fingerprint density at radius 2 is 2.30 bits per heavy atom. The summed E-state index contributed by atoms with van der Waals surface area (Å²) in [5.74, 6) is 1.67. The lowest BCUT2D eigenvalue weighted by Gasteiger charge is -2.06. The molecule has 0 unspecified atom stereocenters. The Hall–Kier alpha value is -2.18. The fraction of sp³-hybridized carbons (Fsp3) is 0.538. The lowest BCUT2D eigenvalue weighted by Crippen LogP contribution is -2.25. The zero-order valence-corrected chi connectivity index (χ0v) is 11.5. The van der Waals surface area contributed by atoms with Crippen LogP contribution in [-0.4, -0.2) is 38.1 Å². The highest BCUT2D eigenvalue weighted by Crippen LogP contribution is 2.18. The zero-order valence-electron chi connectivity index (χ0n) is 11.5. The van der Waals surface area contributed by atoms with E-state index in [1.165, 1.54) is 0 Å². The van der Waals surface area contributed by atoms with Crippen LogP contribution in [0.3, 0.4) is 0 Å². The van der Waals surface area contributed by atoms with Crippen LogP contribution in [0.1, 0.15) is 31.5 Å². The number of hydrogen-bond acceptors (Lipinski definition) is 5. The topological polar surface area (TPSA) is 84.2 Å². The van der Waals surface area contributed by atoms with E-state index in [9.17, 15) is 4.79 Å². The second-order valence-electron chi connectivity index (χ2n) is 5.09. The summed E-state index contributed by atoms with van der Waals surface area (Å²) in [4.78, 5) is 15.8. The van der Waals surface area contributed by atoms with Crippen molar-refractivity contribution in [3.63, 3.8) is 0 Å². The van der Waals surface area contributed by atoms with Crippen molar-refractivity contribution in [1.82, 2.24) is 24.9 Å². The van der Waals surface area contributed by atoms with E-state index < -0.39 is 0 Å². The minimum Gasteiger partial charge on any atom is -0.367 e. The van der Waals surface area contributed by atoms with Crippen LogP contribution in [0.25, 0.3) is 5.65 Å². The zero-order chi connectivity index (χ0) is 13.9. The first-order chi connectivity index (χ1) is 9.74. The molecule has 0 aromatic carbocycles. The molecule has 1 fully saturated rings. The van der Waals surface area contributed by atoms with Crippen LogP contribution in [0.2, 0.25) is 0 Å². The molecule has 1 aliphatic rings. The molecule has 20 heavy (non-hydrogen) atoms. The molecule has 3 rings (SSSR count). The molecule has 0 bridgehead atoms. The molecule has 7 heteroatoms. The molecule has 1 amide bonds. The van der Waals surface area contributed by atoms with Gasteiger partial charge in [0.15, 0.2) is 5.82 Å². The van der Waals surface area contributed by atoms with Crippen molar-refractivity contribution in [2.75, 3.05) is 11.9 Å². The van der Waals surface area contributed by atoms with Gasteiger partial charge in [-0.2, -0.15) is 0 Å². The number of nitrogens with one attached hydrogen (secondary N) is 2. The van der Waals surface area contributed by atoms with Crippen LogP contribution in [-0.2, 0) is 4.79 Å². The first-order valence-corrected chi connectivity index (χ1v) is 6.93. The third-order valence-electron chi connectivity index (χ3n) is 3.31. The molecule has 2 aromatic rings. The number of hydrogen-bond donors (Lipinski definition) is 2. The number of aromatic nitrogens is 4. The number of carbonyl (C=O) groups excluding carboxylic acids is 1. The summed E-state index contributed by atoms with van der Waals surface area (Å²) < 4.78 is 1.88. The van der Waals surface area contributed by atoms with Gasteiger partial charge in [-0.25, -0.2) is 4.98 Å². The van der Waals surface area contributed by atoms with Gasteiger partial charge in [0.05, 0.1) is 0 Å². The number of carbonyl (C=O) groups is 1. The minimum absolute atomic E-state index is 0.138. The van der Waals surface area contributed by atoms with Crippen LogP contribution in [0.5, 0.6) is 0 Å². The number of amides is 1. The van der Waals surface area contributed by atoms with E-state index in [4.69, 9.17) is 0 Å². The normalized spacial score (nSPS) is 14.4. The van der Waals surface area contributed by atoms with Crippen molar-refractivity contribution < 1.29 is 4.79 Å². The quantitative estimate of drug-likeness (QED) is 0.765. The van der Waals surface area contributed by atoms with E-state index in [1.807, 2.05) is 17.5 Å². The summed E-state index contributed by atoms with van der Waals surface area (Å²) in [7, 11) is 0. The monoisotopic (exact) mass is 274 g/mol. The van der Waals surface area contributed by atoms with E-state index in [2.05, 4.69) is 25.8 Å². The van der Waals surface area contributed by atoms with Crippen molar-refractivity contribution in [3.8, 4) is 0 Å². The van der Waals surface area contributed by atoms with Crippen molar-refractivity contribution in [2.45, 2.75) is 38.6 Å². The minimum atomic E-state index is 0.138. The highest BCUT2D eigenvalue weighted by Gasteiger charge is 2.22. The molecule has 2 N–H and O–H groups in total. The van der Waals surface area contributed by atoms with Crippen molar-refractivity contribution in [3.05, 3.63) is 18.2 Å². The van der Waals surface area contributed by atoms with Gasteiger partial charge in [-0.1, -0.05) is 0 Å². The summed E-state index contributed by atoms with van der Waals surface area (Å²) in [5, 5.41) is 14.3. The second-order valence-corrected chi connectivity index (χ2v) is 5.09. The van der Waals surface area contributed by atoms with Crippen molar-refractivity contribution >= 4 is 17.4 Å². The highest BCUT2D eigenvalue weighted by molar-refractivity contribution is 5.76.